The summed E-state index contributed by atoms with van der Waals surface area (Å²) in [5.74, 6) is 0.364. The van der Waals surface area contributed by atoms with Gasteiger partial charge in [0.1, 0.15) is 5.52 Å². The molecule has 7 heteroatoms. The molecule has 3 aromatic heterocycles. The van der Waals surface area contributed by atoms with Crippen LogP contribution in [0.2, 0.25) is 0 Å². The van der Waals surface area contributed by atoms with Gasteiger partial charge in [-0.2, -0.15) is 10.1 Å². The molecule has 0 aliphatic rings. The van der Waals surface area contributed by atoms with E-state index in [9.17, 15) is 0 Å². The maximum Gasteiger partial charge on any atom is 0.265 e. The van der Waals surface area contributed by atoms with Crippen LogP contribution in [0.15, 0.2) is 41.5 Å². The van der Waals surface area contributed by atoms with Crippen LogP contribution in [0.1, 0.15) is 9.75 Å². The Labute approximate surface area is 129 Å². The molecule has 4 aromatic rings. The van der Waals surface area contributed by atoms with Gasteiger partial charge in [-0.05, 0) is 25.1 Å². The number of fused-ring (bicyclic) bond motifs is 3. The maximum atomic E-state index is 4.40. The van der Waals surface area contributed by atoms with Crippen LogP contribution < -0.4 is 5.43 Å². The second-order valence-electron chi connectivity index (χ2n) is 4.82. The third-order valence-corrected chi connectivity index (χ3v) is 4.17. The molecule has 0 spiro atoms. The molecule has 0 aliphatic carbocycles. The number of aromatic nitrogens is 4. The Morgan fingerprint density at radius 3 is 2.95 bits per heavy atom. The van der Waals surface area contributed by atoms with E-state index < -0.39 is 0 Å². The number of aromatic amines is 1. The van der Waals surface area contributed by atoms with Crippen molar-refractivity contribution in [2.24, 2.45) is 5.10 Å². The van der Waals surface area contributed by atoms with E-state index in [-0.39, 0.29) is 0 Å². The smallest absolute Gasteiger partial charge is 0.265 e. The van der Waals surface area contributed by atoms with E-state index in [1.165, 1.54) is 4.88 Å². The van der Waals surface area contributed by atoms with E-state index in [1.54, 1.807) is 17.6 Å². The zero-order chi connectivity index (χ0) is 14.9. The van der Waals surface area contributed by atoms with Gasteiger partial charge in [0.05, 0.1) is 6.21 Å². The van der Waals surface area contributed by atoms with Crippen LogP contribution in [0, 0.1) is 6.92 Å². The van der Waals surface area contributed by atoms with E-state index in [0.29, 0.717) is 11.6 Å². The molecule has 0 aliphatic heterocycles. The first kappa shape index (κ1) is 12.9. The minimum absolute atomic E-state index is 0.364. The Morgan fingerprint density at radius 1 is 1.18 bits per heavy atom. The largest absolute Gasteiger partial charge is 0.338 e. The molecule has 0 radical (unpaired) electrons. The Balaban J connectivity index is 1.62. The summed E-state index contributed by atoms with van der Waals surface area (Å²) in [7, 11) is 0. The fourth-order valence-electron chi connectivity index (χ4n) is 2.24. The number of benzene rings is 1. The van der Waals surface area contributed by atoms with Crippen LogP contribution >= 0.6 is 11.3 Å². The number of H-pyrrole nitrogens is 1. The van der Waals surface area contributed by atoms with Crippen molar-refractivity contribution in [3.8, 4) is 0 Å². The lowest BCUT2D eigenvalue weighted by Gasteiger charge is -1.96. The molecule has 22 heavy (non-hydrogen) atoms. The molecular formula is C15H12N6S. The van der Waals surface area contributed by atoms with Gasteiger partial charge in [-0.25, -0.2) is 5.43 Å². The van der Waals surface area contributed by atoms with Gasteiger partial charge in [0, 0.05) is 20.7 Å². The van der Waals surface area contributed by atoms with Crippen molar-refractivity contribution in [3.63, 3.8) is 0 Å². The highest BCUT2D eigenvalue weighted by molar-refractivity contribution is 7.13. The zero-order valence-electron chi connectivity index (χ0n) is 11.7. The summed E-state index contributed by atoms with van der Waals surface area (Å²) in [6, 6.07) is 12.0. The lowest BCUT2D eigenvalue weighted by molar-refractivity contribution is 1.01. The Kier molecular flexibility index (Phi) is 3.05. The SMILES string of the molecule is Cc1ccc(/C=N\Nc2nnc3c(n2)[nH]c2ccccc23)s1. The molecule has 0 bridgehead atoms. The summed E-state index contributed by atoms with van der Waals surface area (Å²) in [5.41, 5.74) is 5.26. The van der Waals surface area contributed by atoms with Gasteiger partial charge in [-0.1, -0.05) is 18.2 Å². The van der Waals surface area contributed by atoms with Gasteiger partial charge < -0.3 is 4.98 Å². The molecule has 1 aromatic carbocycles. The number of hydrazone groups is 1. The van der Waals surface area contributed by atoms with Gasteiger partial charge in [-0.15, -0.1) is 21.5 Å². The third-order valence-electron chi connectivity index (χ3n) is 3.24. The van der Waals surface area contributed by atoms with Crippen LogP contribution in [0.3, 0.4) is 0 Å². The van der Waals surface area contributed by atoms with E-state index in [0.717, 1.165) is 21.3 Å². The first-order valence-corrected chi connectivity index (χ1v) is 7.58. The molecule has 3 heterocycles. The first-order valence-electron chi connectivity index (χ1n) is 6.76. The van der Waals surface area contributed by atoms with Crippen molar-refractivity contribution in [1.29, 1.82) is 0 Å². The summed E-state index contributed by atoms with van der Waals surface area (Å²) < 4.78 is 0. The van der Waals surface area contributed by atoms with Crippen molar-refractivity contribution in [2.75, 3.05) is 5.43 Å². The predicted octanol–water partition coefficient (Wildman–Crippen LogP) is 3.32. The molecule has 108 valence electrons. The molecule has 0 saturated carbocycles. The van der Waals surface area contributed by atoms with Gasteiger partial charge in [0.2, 0.25) is 0 Å². The summed E-state index contributed by atoms with van der Waals surface area (Å²) in [5, 5.41) is 13.4. The number of anilines is 1. The zero-order valence-corrected chi connectivity index (χ0v) is 12.6. The number of aryl methyl sites for hydroxylation is 1. The molecule has 2 N–H and O–H groups in total. The third kappa shape index (κ3) is 2.31. The van der Waals surface area contributed by atoms with E-state index in [1.807, 2.05) is 30.3 Å². The van der Waals surface area contributed by atoms with Gasteiger partial charge in [-0.3, -0.25) is 0 Å². The van der Waals surface area contributed by atoms with Crippen LogP contribution in [0.4, 0.5) is 5.95 Å². The monoisotopic (exact) mass is 308 g/mol. The maximum absolute atomic E-state index is 4.40. The van der Waals surface area contributed by atoms with Crippen LogP contribution in [-0.4, -0.2) is 26.4 Å². The van der Waals surface area contributed by atoms with Crippen LogP contribution in [0.25, 0.3) is 22.1 Å². The number of thiophene rings is 1. The van der Waals surface area contributed by atoms with E-state index >= 15 is 0 Å². The number of rotatable bonds is 3. The lowest BCUT2D eigenvalue weighted by Crippen LogP contribution is -1.98. The number of nitrogens with zero attached hydrogens (tertiary/aromatic N) is 4. The fourth-order valence-corrected chi connectivity index (χ4v) is 2.99. The van der Waals surface area contributed by atoms with E-state index in [2.05, 4.69) is 43.7 Å². The minimum Gasteiger partial charge on any atom is -0.338 e. The van der Waals surface area contributed by atoms with Crippen molar-refractivity contribution in [3.05, 3.63) is 46.2 Å². The number of nitrogens with one attached hydrogen (secondary N) is 2. The Hall–Kier alpha value is -2.80. The Morgan fingerprint density at radius 2 is 2.09 bits per heavy atom. The molecule has 0 fully saturated rings. The molecule has 0 atom stereocenters. The normalized spacial score (nSPS) is 11.7. The fraction of sp³-hybridized carbons (Fsp3) is 0.0667. The molecule has 0 amide bonds. The minimum atomic E-state index is 0.364. The second-order valence-corrected chi connectivity index (χ2v) is 6.14. The molecule has 0 saturated heterocycles. The van der Waals surface area contributed by atoms with Crippen molar-refractivity contribution >= 4 is 45.6 Å². The standard InChI is InChI=1S/C15H12N6S/c1-9-6-7-10(22-9)8-16-20-15-18-14-13(19-21-15)11-4-2-3-5-12(11)17-14/h2-8H,1H3,(H2,17,18,20,21)/b16-8-. The Bertz CT molecular complexity index is 984. The van der Waals surface area contributed by atoms with E-state index in [4.69, 9.17) is 0 Å². The average molecular weight is 308 g/mol. The molecule has 0 unspecified atom stereocenters. The number of hydrogen-bond acceptors (Lipinski definition) is 6. The van der Waals surface area contributed by atoms with Crippen molar-refractivity contribution in [2.45, 2.75) is 6.92 Å². The average Bonchev–Trinajstić information content (AvgIpc) is 3.10. The van der Waals surface area contributed by atoms with Crippen molar-refractivity contribution in [1.82, 2.24) is 20.2 Å². The highest BCUT2D eigenvalue weighted by atomic mass is 32.1. The van der Waals surface area contributed by atoms with Gasteiger partial charge in [0.25, 0.3) is 5.95 Å². The van der Waals surface area contributed by atoms with Crippen molar-refractivity contribution < 1.29 is 0 Å². The van der Waals surface area contributed by atoms with Gasteiger partial charge >= 0.3 is 0 Å². The number of hydrogen-bond donors (Lipinski definition) is 2. The van der Waals surface area contributed by atoms with Crippen LogP contribution in [-0.2, 0) is 0 Å². The summed E-state index contributed by atoms with van der Waals surface area (Å²) >= 11 is 1.68. The second kappa shape index (κ2) is 5.19. The predicted molar refractivity (Wildman–Crippen MR) is 89.5 cm³/mol. The quantitative estimate of drug-likeness (QED) is 0.449. The molecular weight excluding hydrogens is 296 g/mol. The lowest BCUT2D eigenvalue weighted by atomic mass is 10.2. The highest BCUT2D eigenvalue weighted by Crippen LogP contribution is 2.21. The number of para-hydroxylation sites is 1. The highest BCUT2D eigenvalue weighted by Gasteiger charge is 2.07. The molecule has 6 nitrogen and oxygen atoms in total. The van der Waals surface area contributed by atoms with Gasteiger partial charge in [0.15, 0.2) is 5.65 Å². The van der Waals surface area contributed by atoms with Crippen LogP contribution in [0.5, 0.6) is 0 Å². The first-order chi connectivity index (χ1) is 10.8. The summed E-state index contributed by atoms with van der Waals surface area (Å²) in [6.07, 6.45) is 1.75. The molecule has 4 rings (SSSR count). The summed E-state index contributed by atoms with van der Waals surface area (Å²) in [6.45, 7) is 2.06. The summed E-state index contributed by atoms with van der Waals surface area (Å²) in [4.78, 5) is 9.95. The topological polar surface area (TPSA) is 78.8 Å².